The van der Waals surface area contributed by atoms with E-state index in [1.165, 1.54) is 17.7 Å². The second-order valence-electron chi connectivity index (χ2n) is 6.66. The molecule has 2 aliphatic rings. The van der Waals surface area contributed by atoms with E-state index in [1.54, 1.807) is 0 Å². The summed E-state index contributed by atoms with van der Waals surface area (Å²) in [6, 6.07) is 8.61. The number of ketones is 1. The lowest BCUT2D eigenvalue weighted by Crippen LogP contribution is -2.41. The first-order valence-corrected chi connectivity index (χ1v) is 7.45. The van der Waals surface area contributed by atoms with Gasteiger partial charge in [0.2, 0.25) is 0 Å². The highest BCUT2D eigenvalue weighted by Gasteiger charge is 2.38. The first kappa shape index (κ1) is 12.7. The number of fused-ring (bicyclic) bond motifs is 1. The van der Waals surface area contributed by atoms with Crippen molar-refractivity contribution in [3.05, 3.63) is 29.8 Å². The largest absolute Gasteiger partial charge is 0.370 e. The third-order valence-corrected chi connectivity index (χ3v) is 4.82. The molecular weight excluding hydrogens is 234 g/mol. The second-order valence-corrected chi connectivity index (χ2v) is 6.66. The number of nitrogens with zero attached hydrogens (tertiary/aromatic N) is 1. The molecule has 1 aliphatic carbocycles. The van der Waals surface area contributed by atoms with Gasteiger partial charge in [0, 0.05) is 30.1 Å². The maximum absolute atomic E-state index is 12.5. The summed E-state index contributed by atoms with van der Waals surface area (Å²) in [5.74, 6) is 0.707. The van der Waals surface area contributed by atoms with Gasteiger partial charge in [0.1, 0.15) is 5.78 Å². The van der Waals surface area contributed by atoms with Gasteiger partial charge < -0.3 is 4.90 Å². The van der Waals surface area contributed by atoms with Crippen LogP contribution in [0.4, 0.5) is 5.69 Å². The van der Waals surface area contributed by atoms with Crippen molar-refractivity contribution >= 4 is 11.5 Å². The van der Waals surface area contributed by atoms with Crippen LogP contribution < -0.4 is 4.90 Å². The van der Waals surface area contributed by atoms with E-state index in [9.17, 15) is 4.79 Å². The molecule has 0 radical (unpaired) electrons. The van der Waals surface area contributed by atoms with Gasteiger partial charge >= 0.3 is 0 Å². The second kappa shape index (κ2) is 4.66. The zero-order chi connectivity index (χ0) is 13.5. The van der Waals surface area contributed by atoms with Crippen LogP contribution in [0.25, 0.3) is 0 Å². The Morgan fingerprint density at radius 2 is 2.11 bits per heavy atom. The Kier molecular flexibility index (Phi) is 3.12. The Labute approximate surface area is 115 Å². The molecule has 2 nitrogen and oxygen atoms in total. The highest BCUT2D eigenvalue weighted by atomic mass is 16.1. The lowest BCUT2D eigenvalue weighted by atomic mass is 9.71. The average Bonchev–Trinajstić information content (AvgIpc) is 2.79. The summed E-state index contributed by atoms with van der Waals surface area (Å²) >= 11 is 0. The van der Waals surface area contributed by atoms with E-state index in [0.29, 0.717) is 5.78 Å². The van der Waals surface area contributed by atoms with Gasteiger partial charge in [-0.25, -0.2) is 0 Å². The summed E-state index contributed by atoms with van der Waals surface area (Å²) in [6.45, 7) is 6.21. The Bertz CT molecular complexity index is 492. The number of anilines is 1. The predicted octanol–water partition coefficient (Wildman–Crippen LogP) is 3.44. The minimum absolute atomic E-state index is 0.109. The summed E-state index contributed by atoms with van der Waals surface area (Å²) in [7, 11) is 0. The molecule has 1 aromatic rings. The van der Waals surface area contributed by atoms with E-state index in [2.05, 4.69) is 43.0 Å². The lowest BCUT2D eigenvalue weighted by Gasteiger charge is -2.36. The Morgan fingerprint density at radius 1 is 1.32 bits per heavy atom. The number of rotatable bonds is 2. The maximum Gasteiger partial charge on any atom is 0.143 e. The highest BCUT2D eigenvalue weighted by molar-refractivity contribution is 5.87. The van der Waals surface area contributed by atoms with Gasteiger partial charge in [0.05, 0.1) is 0 Å². The van der Waals surface area contributed by atoms with E-state index in [4.69, 9.17) is 0 Å². The van der Waals surface area contributed by atoms with E-state index in [1.807, 2.05) is 0 Å². The highest BCUT2D eigenvalue weighted by Crippen LogP contribution is 2.37. The average molecular weight is 257 g/mol. The van der Waals surface area contributed by atoms with Crippen molar-refractivity contribution in [3.8, 4) is 0 Å². The molecule has 0 saturated heterocycles. The monoisotopic (exact) mass is 257 g/mol. The van der Waals surface area contributed by atoms with E-state index < -0.39 is 0 Å². The Balaban J connectivity index is 1.75. The molecule has 1 aliphatic heterocycles. The zero-order valence-electron chi connectivity index (χ0n) is 12.0. The number of carbonyl (C=O) groups is 1. The molecule has 102 valence electrons. The van der Waals surface area contributed by atoms with Gasteiger partial charge in [-0.1, -0.05) is 38.5 Å². The van der Waals surface area contributed by atoms with Crippen LogP contribution in [-0.2, 0) is 11.2 Å². The fraction of sp³-hybridized carbons (Fsp3) is 0.588. The van der Waals surface area contributed by atoms with Crippen LogP contribution in [0.1, 0.15) is 38.7 Å². The van der Waals surface area contributed by atoms with Crippen LogP contribution in [0.2, 0.25) is 0 Å². The van der Waals surface area contributed by atoms with Crippen molar-refractivity contribution in [2.75, 3.05) is 18.0 Å². The summed E-state index contributed by atoms with van der Waals surface area (Å²) in [5, 5.41) is 0. The summed E-state index contributed by atoms with van der Waals surface area (Å²) in [6.07, 6.45) is 4.44. The minimum Gasteiger partial charge on any atom is -0.370 e. The van der Waals surface area contributed by atoms with Crippen LogP contribution in [0.15, 0.2) is 24.3 Å². The van der Waals surface area contributed by atoms with Gasteiger partial charge in [-0.05, 0) is 30.9 Å². The molecule has 1 aromatic carbocycles. The molecule has 0 spiro atoms. The van der Waals surface area contributed by atoms with Crippen molar-refractivity contribution in [2.24, 2.45) is 11.3 Å². The third kappa shape index (κ3) is 2.29. The summed E-state index contributed by atoms with van der Waals surface area (Å²) in [4.78, 5) is 14.9. The van der Waals surface area contributed by atoms with Crippen molar-refractivity contribution in [1.29, 1.82) is 0 Å². The summed E-state index contributed by atoms with van der Waals surface area (Å²) < 4.78 is 0. The maximum atomic E-state index is 12.5. The predicted molar refractivity (Wildman–Crippen MR) is 78.5 cm³/mol. The molecule has 0 N–H and O–H groups in total. The van der Waals surface area contributed by atoms with Gasteiger partial charge in [0.15, 0.2) is 0 Å². The smallest absolute Gasteiger partial charge is 0.143 e. The molecule has 0 bridgehead atoms. The molecule has 1 atom stereocenters. The zero-order valence-corrected chi connectivity index (χ0v) is 12.0. The SMILES string of the molecule is CC1(C)CCCC(CN2CCc3ccccc32)C1=O. The van der Waals surface area contributed by atoms with E-state index in [0.717, 1.165) is 32.4 Å². The molecule has 1 unspecified atom stereocenters. The fourth-order valence-corrected chi connectivity index (χ4v) is 3.63. The molecule has 0 aromatic heterocycles. The van der Waals surface area contributed by atoms with Gasteiger partial charge in [-0.3, -0.25) is 4.79 Å². The van der Waals surface area contributed by atoms with Crippen molar-refractivity contribution in [2.45, 2.75) is 39.5 Å². The minimum atomic E-state index is -0.109. The van der Waals surface area contributed by atoms with Crippen LogP contribution in [0.3, 0.4) is 0 Å². The molecular formula is C17H23NO. The van der Waals surface area contributed by atoms with E-state index in [-0.39, 0.29) is 11.3 Å². The van der Waals surface area contributed by atoms with E-state index >= 15 is 0 Å². The normalized spacial score (nSPS) is 25.5. The van der Waals surface area contributed by atoms with Crippen molar-refractivity contribution in [3.63, 3.8) is 0 Å². The number of hydrogen-bond donors (Lipinski definition) is 0. The van der Waals surface area contributed by atoms with Crippen molar-refractivity contribution < 1.29 is 4.79 Å². The summed E-state index contributed by atoms with van der Waals surface area (Å²) in [5.41, 5.74) is 2.67. The molecule has 1 fully saturated rings. The first-order valence-electron chi connectivity index (χ1n) is 7.45. The fourth-order valence-electron chi connectivity index (χ4n) is 3.63. The molecule has 19 heavy (non-hydrogen) atoms. The van der Waals surface area contributed by atoms with Gasteiger partial charge in [-0.15, -0.1) is 0 Å². The van der Waals surface area contributed by atoms with Crippen LogP contribution in [-0.4, -0.2) is 18.9 Å². The quantitative estimate of drug-likeness (QED) is 0.809. The van der Waals surface area contributed by atoms with Crippen LogP contribution >= 0.6 is 0 Å². The standard InChI is InChI=1S/C17H23NO/c1-17(2)10-5-7-14(16(17)19)12-18-11-9-13-6-3-4-8-15(13)18/h3-4,6,8,14H,5,7,9-12H2,1-2H3. The van der Waals surface area contributed by atoms with Crippen LogP contribution in [0.5, 0.6) is 0 Å². The molecule has 2 heteroatoms. The molecule has 0 amide bonds. The molecule has 3 rings (SSSR count). The topological polar surface area (TPSA) is 20.3 Å². The third-order valence-electron chi connectivity index (χ3n) is 4.82. The molecule has 1 saturated carbocycles. The van der Waals surface area contributed by atoms with Gasteiger partial charge in [0.25, 0.3) is 0 Å². The number of benzene rings is 1. The number of carbonyl (C=O) groups excluding carboxylic acids is 1. The lowest BCUT2D eigenvalue weighted by molar-refractivity contribution is -0.133. The number of hydrogen-bond acceptors (Lipinski definition) is 2. The first-order chi connectivity index (χ1) is 9.08. The Morgan fingerprint density at radius 3 is 2.95 bits per heavy atom. The number of para-hydroxylation sites is 1. The number of Topliss-reactive ketones (excluding diaryl/α,β-unsaturated/α-hetero) is 1. The van der Waals surface area contributed by atoms with Crippen LogP contribution in [0, 0.1) is 11.3 Å². The van der Waals surface area contributed by atoms with Gasteiger partial charge in [-0.2, -0.15) is 0 Å². The Hall–Kier alpha value is -1.31. The van der Waals surface area contributed by atoms with Crippen molar-refractivity contribution in [1.82, 2.24) is 0 Å². The molecule has 1 heterocycles.